The van der Waals surface area contributed by atoms with Gasteiger partial charge in [0, 0.05) is 0 Å². The van der Waals surface area contributed by atoms with Crippen LogP contribution in [-0.4, -0.2) is 41.6 Å². The number of urea groups is 1. The van der Waals surface area contributed by atoms with Gasteiger partial charge in [0.25, 0.3) is 0 Å². The Morgan fingerprint density at radius 3 is 2.64 bits per heavy atom. The predicted molar refractivity (Wildman–Crippen MR) is 48.7 cm³/mol. The van der Waals surface area contributed by atoms with Gasteiger partial charge < -0.3 is 10.1 Å². The van der Waals surface area contributed by atoms with E-state index in [9.17, 15) is 9.59 Å². The first kappa shape index (κ1) is 9.45. The molecule has 2 heterocycles. The first-order valence-corrected chi connectivity index (χ1v) is 4.73. The zero-order valence-electron chi connectivity index (χ0n) is 8.37. The van der Waals surface area contributed by atoms with E-state index in [0.717, 1.165) is 0 Å². The van der Waals surface area contributed by atoms with Gasteiger partial charge in [-0.25, -0.2) is 4.79 Å². The van der Waals surface area contributed by atoms with Crippen LogP contribution < -0.4 is 5.32 Å². The molecule has 0 bridgehead atoms. The Hall–Kier alpha value is -1.10. The Labute approximate surface area is 82.4 Å². The van der Waals surface area contributed by atoms with Crippen LogP contribution >= 0.6 is 0 Å². The standard InChI is InChI=1S/C9H14N2O3/c1-9(2)3-6(5-14-9)11-7(12)4-10-8(11)13/h6H,3-5H2,1-2H3,(H,10,13). The monoisotopic (exact) mass is 198 g/mol. The van der Waals surface area contributed by atoms with E-state index in [1.807, 2.05) is 13.8 Å². The van der Waals surface area contributed by atoms with Crippen molar-refractivity contribution in [2.24, 2.45) is 0 Å². The molecule has 2 saturated heterocycles. The molecule has 14 heavy (non-hydrogen) atoms. The summed E-state index contributed by atoms with van der Waals surface area (Å²) in [7, 11) is 0. The highest BCUT2D eigenvalue weighted by molar-refractivity contribution is 6.02. The van der Waals surface area contributed by atoms with Gasteiger partial charge in [0.15, 0.2) is 0 Å². The summed E-state index contributed by atoms with van der Waals surface area (Å²) in [6, 6.07) is -0.388. The summed E-state index contributed by atoms with van der Waals surface area (Å²) in [6.45, 7) is 4.50. The maximum atomic E-state index is 11.4. The number of hydrogen-bond donors (Lipinski definition) is 1. The van der Waals surface area contributed by atoms with E-state index in [4.69, 9.17) is 4.74 Å². The third-order valence-electron chi connectivity index (χ3n) is 2.64. The Morgan fingerprint density at radius 1 is 1.50 bits per heavy atom. The van der Waals surface area contributed by atoms with E-state index in [1.54, 1.807) is 0 Å². The van der Waals surface area contributed by atoms with Crippen molar-refractivity contribution in [3.63, 3.8) is 0 Å². The average Bonchev–Trinajstić information content (AvgIpc) is 2.56. The number of amides is 3. The van der Waals surface area contributed by atoms with Crippen LogP contribution in [0.5, 0.6) is 0 Å². The molecule has 1 atom stereocenters. The minimum atomic E-state index is -0.290. The molecule has 0 saturated carbocycles. The molecule has 0 aromatic heterocycles. The van der Waals surface area contributed by atoms with E-state index in [1.165, 1.54) is 4.90 Å². The van der Waals surface area contributed by atoms with Crippen molar-refractivity contribution in [3.05, 3.63) is 0 Å². The largest absolute Gasteiger partial charge is 0.373 e. The Kier molecular flexibility index (Phi) is 1.99. The molecule has 0 aliphatic carbocycles. The Morgan fingerprint density at radius 2 is 2.21 bits per heavy atom. The third-order valence-corrected chi connectivity index (χ3v) is 2.64. The number of carbonyl (C=O) groups excluding carboxylic acids is 2. The number of hydrogen-bond acceptors (Lipinski definition) is 3. The molecule has 2 aliphatic heterocycles. The van der Waals surface area contributed by atoms with E-state index in [2.05, 4.69) is 5.32 Å². The van der Waals surface area contributed by atoms with E-state index in [0.29, 0.717) is 13.0 Å². The van der Waals surface area contributed by atoms with E-state index in [-0.39, 0.29) is 30.1 Å². The number of imide groups is 1. The number of nitrogens with one attached hydrogen (secondary N) is 1. The fourth-order valence-electron chi connectivity index (χ4n) is 1.98. The predicted octanol–water partition coefficient (Wildman–Crippen LogP) is 0.106. The van der Waals surface area contributed by atoms with Crippen LogP contribution in [0.3, 0.4) is 0 Å². The van der Waals surface area contributed by atoms with Gasteiger partial charge in [-0.2, -0.15) is 0 Å². The van der Waals surface area contributed by atoms with Crippen molar-refractivity contribution in [2.45, 2.75) is 31.9 Å². The summed E-state index contributed by atoms with van der Waals surface area (Å²) in [6.07, 6.45) is 0.714. The van der Waals surface area contributed by atoms with Crippen LogP contribution in [-0.2, 0) is 9.53 Å². The Bertz CT molecular complexity index is 272. The van der Waals surface area contributed by atoms with Crippen LogP contribution in [0.1, 0.15) is 20.3 Å². The fraction of sp³-hybridized carbons (Fsp3) is 0.778. The van der Waals surface area contributed by atoms with Crippen molar-refractivity contribution in [1.29, 1.82) is 0 Å². The highest BCUT2D eigenvalue weighted by Crippen LogP contribution is 2.28. The molecule has 2 fully saturated rings. The van der Waals surface area contributed by atoms with Crippen LogP contribution in [0, 0.1) is 0 Å². The molecule has 0 aromatic carbocycles. The molecule has 78 valence electrons. The number of nitrogens with zero attached hydrogens (tertiary/aromatic N) is 1. The molecule has 1 N–H and O–H groups in total. The summed E-state index contributed by atoms with van der Waals surface area (Å²) in [4.78, 5) is 24.0. The first-order valence-electron chi connectivity index (χ1n) is 4.73. The summed E-state index contributed by atoms with van der Waals surface area (Å²) in [5, 5.41) is 2.51. The van der Waals surface area contributed by atoms with Crippen molar-refractivity contribution >= 4 is 11.9 Å². The summed E-state index contributed by atoms with van der Waals surface area (Å²) >= 11 is 0. The lowest BCUT2D eigenvalue weighted by atomic mass is 10.0. The number of carbonyl (C=O) groups is 2. The van der Waals surface area contributed by atoms with Crippen molar-refractivity contribution in [2.75, 3.05) is 13.2 Å². The molecule has 0 spiro atoms. The zero-order valence-corrected chi connectivity index (χ0v) is 8.37. The second-order valence-corrected chi connectivity index (χ2v) is 4.35. The lowest BCUT2D eigenvalue weighted by Crippen LogP contribution is -2.41. The van der Waals surface area contributed by atoms with Gasteiger partial charge in [0.1, 0.15) is 0 Å². The lowest BCUT2D eigenvalue weighted by molar-refractivity contribution is -0.126. The van der Waals surface area contributed by atoms with Gasteiger partial charge in [0.05, 0.1) is 24.8 Å². The van der Waals surface area contributed by atoms with Crippen LogP contribution in [0.2, 0.25) is 0 Å². The number of ether oxygens (including phenoxy) is 1. The first-order chi connectivity index (χ1) is 6.49. The normalized spacial score (nSPS) is 31.0. The van der Waals surface area contributed by atoms with Gasteiger partial charge in [0.2, 0.25) is 5.91 Å². The SMILES string of the molecule is CC1(C)CC(N2C(=O)CNC2=O)CO1. The molecule has 5 heteroatoms. The highest BCUT2D eigenvalue weighted by atomic mass is 16.5. The molecule has 5 nitrogen and oxygen atoms in total. The van der Waals surface area contributed by atoms with Gasteiger partial charge >= 0.3 is 6.03 Å². The molecule has 3 amide bonds. The second-order valence-electron chi connectivity index (χ2n) is 4.35. The quantitative estimate of drug-likeness (QED) is 0.608. The van der Waals surface area contributed by atoms with E-state index < -0.39 is 0 Å². The molecule has 2 aliphatic rings. The van der Waals surface area contributed by atoms with E-state index >= 15 is 0 Å². The minimum absolute atomic E-state index is 0.0972. The summed E-state index contributed by atoms with van der Waals surface area (Å²) < 4.78 is 5.49. The van der Waals surface area contributed by atoms with Crippen LogP contribution in [0.25, 0.3) is 0 Å². The second kappa shape index (κ2) is 2.95. The topological polar surface area (TPSA) is 58.6 Å². The van der Waals surface area contributed by atoms with Gasteiger partial charge in [-0.3, -0.25) is 9.69 Å². The summed E-state index contributed by atoms with van der Waals surface area (Å²) in [5.74, 6) is -0.152. The zero-order chi connectivity index (χ0) is 10.3. The van der Waals surface area contributed by atoms with Crippen LogP contribution in [0.15, 0.2) is 0 Å². The average molecular weight is 198 g/mol. The minimum Gasteiger partial charge on any atom is -0.373 e. The van der Waals surface area contributed by atoms with Gasteiger partial charge in [-0.15, -0.1) is 0 Å². The maximum Gasteiger partial charge on any atom is 0.324 e. The lowest BCUT2D eigenvalue weighted by Gasteiger charge is -2.20. The summed E-state index contributed by atoms with van der Waals surface area (Å²) in [5.41, 5.74) is -0.228. The molecule has 1 unspecified atom stereocenters. The van der Waals surface area contributed by atoms with Gasteiger partial charge in [-0.1, -0.05) is 0 Å². The van der Waals surface area contributed by atoms with Crippen molar-refractivity contribution in [1.82, 2.24) is 10.2 Å². The third kappa shape index (κ3) is 1.48. The maximum absolute atomic E-state index is 11.4. The van der Waals surface area contributed by atoms with Crippen LogP contribution in [0.4, 0.5) is 4.79 Å². The molecule has 0 aromatic rings. The molecule has 2 rings (SSSR count). The molecule has 0 radical (unpaired) electrons. The fourth-order valence-corrected chi connectivity index (χ4v) is 1.98. The molecular weight excluding hydrogens is 184 g/mol. The molecular formula is C9H14N2O3. The Balaban J connectivity index is 2.09. The van der Waals surface area contributed by atoms with Gasteiger partial charge in [-0.05, 0) is 20.3 Å². The highest BCUT2D eigenvalue weighted by Gasteiger charge is 2.42. The van der Waals surface area contributed by atoms with Crippen molar-refractivity contribution < 1.29 is 14.3 Å². The van der Waals surface area contributed by atoms with Crippen molar-refractivity contribution in [3.8, 4) is 0 Å². The smallest absolute Gasteiger partial charge is 0.324 e. The number of rotatable bonds is 1.